The minimum absolute atomic E-state index is 0.166. The minimum Gasteiger partial charge on any atom is -0.379 e. The first-order valence-corrected chi connectivity index (χ1v) is 8.70. The Morgan fingerprint density at radius 3 is 2.67 bits per heavy atom. The molecule has 1 aromatic carbocycles. The van der Waals surface area contributed by atoms with Crippen LogP contribution in [0, 0.1) is 0 Å². The molecular formula is C18H21NOS. The highest BCUT2D eigenvalue weighted by Gasteiger charge is 2.41. The van der Waals surface area contributed by atoms with Gasteiger partial charge in [0.2, 0.25) is 0 Å². The molecule has 0 radical (unpaired) electrons. The third kappa shape index (κ3) is 2.33. The average Bonchev–Trinajstić information content (AvgIpc) is 3.03. The predicted molar refractivity (Wildman–Crippen MR) is 86.9 cm³/mol. The molecule has 2 nitrogen and oxygen atoms in total. The molecule has 1 atom stereocenters. The van der Waals surface area contributed by atoms with Crippen molar-refractivity contribution in [2.45, 2.75) is 24.8 Å². The van der Waals surface area contributed by atoms with Crippen molar-refractivity contribution in [2.24, 2.45) is 0 Å². The summed E-state index contributed by atoms with van der Waals surface area (Å²) in [6.45, 7) is 3.83. The van der Waals surface area contributed by atoms with E-state index in [4.69, 9.17) is 4.74 Å². The summed E-state index contributed by atoms with van der Waals surface area (Å²) in [6, 6.07) is 13.4. The normalized spacial score (nSPS) is 26.5. The number of aryl methyl sites for hydroxylation is 1. The number of hydrogen-bond acceptors (Lipinski definition) is 3. The number of fused-ring (bicyclic) bond motifs is 1. The zero-order chi connectivity index (χ0) is 14.1. The van der Waals surface area contributed by atoms with Crippen molar-refractivity contribution in [1.29, 1.82) is 0 Å². The Morgan fingerprint density at radius 2 is 1.86 bits per heavy atom. The molecule has 2 heterocycles. The van der Waals surface area contributed by atoms with E-state index in [2.05, 4.69) is 46.7 Å². The molecule has 1 unspecified atom stereocenters. The summed E-state index contributed by atoms with van der Waals surface area (Å²) in [4.78, 5) is 4.27. The molecule has 1 aliphatic carbocycles. The zero-order valence-electron chi connectivity index (χ0n) is 12.3. The fraction of sp³-hybridized carbons (Fsp3) is 0.444. The predicted octanol–water partition coefficient (Wildman–Crippen LogP) is 3.46. The summed E-state index contributed by atoms with van der Waals surface area (Å²) in [5.41, 5.74) is 3.20. The Kier molecular flexibility index (Phi) is 3.57. The van der Waals surface area contributed by atoms with Gasteiger partial charge in [-0.1, -0.05) is 30.3 Å². The number of nitrogens with zero attached hydrogens (tertiary/aromatic N) is 1. The monoisotopic (exact) mass is 299 g/mol. The van der Waals surface area contributed by atoms with E-state index in [-0.39, 0.29) is 5.54 Å². The Labute approximate surface area is 130 Å². The van der Waals surface area contributed by atoms with E-state index >= 15 is 0 Å². The van der Waals surface area contributed by atoms with Crippen molar-refractivity contribution < 1.29 is 4.74 Å². The molecule has 110 valence electrons. The lowest BCUT2D eigenvalue weighted by Crippen LogP contribution is -2.54. The fourth-order valence-electron chi connectivity index (χ4n) is 3.91. The number of morpholine rings is 1. The van der Waals surface area contributed by atoms with Crippen molar-refractivity contribution in [2.75, 3.05) is 26.3 Å². The topological polar surface area (TPSA) is 12.5 Å². The van der Waals surface area contributed by atoms with Crippen LogP contribution < -0.4 is 0 Å². The van der Waals surface area contributed by atoms with E-state index in [0.717, 1.165) is 32.7 Å². The van der Waals surface area contributed by atoms with Crippen molar-refractivity contribution in [3.05, 3.63) is 57.8 Å². The Balaban J connectivity index is 1.76. The van der Waals surface area contributed by atoms with Gasteiger partial charge in [-0.2, -0.15) is 0 Å². The number of hydrogen-bond donors (Lipinski definition) is 0. The van der Waals surface area contributed by atoms with Crippen LogP contribution >= 0.6 is 11.3 Å². The van der Waals surface area contributed by atoms with Gasteiger partial charge >= 0.3 is 0 Å². The first-order chi connectivity index (χ1) is 10.4. The highest BCUT2D eigenvalue weighted by atomic mass is 32.1. The highest BCUT2D eigenvalue weighted by Crippen LogP contribution is 2.43. The molecule has 21 heavy (non-hydrogen) atoms. The van der Waals surface area contributed by atoms with E-state index in [0.29, 0.717) is 0 Å². The van der Waals surface area contributed by atoms with Gasteiger partial charge in [-0.25, -0.2) is 0 Å². The maximum Gasteiger partial charge on any atom is 0.0594 e. The third-order valence-electron chi connectivity index (χ3n) is 5.01. The van der Waals surface area contributed by atoms with Crippen LogP contribution in [0.5, 0.6) is 0 Å². The number of rotatable bonds is 2. The van der Waals surface area contributed by atoms with Crippen LogP contribution in [0.4, 0.5) is 0 Å². The van der Waals surface area contributed by atoms with Crippen molar-refractivity contribution >= 4 is 11.3 Å². The molecule has 4 rings (SSSR count). The molecule has 2 aliphatic rings. The zero-order valence-corrected chi connectivity index (χ0v) is 13.1. The average molecular weight is 299 g/mol. The summed E-state index contributed by atoms with van der Waals surface area (Å²) in [7, 11) is 0. The maximum absolute atomic E-state index is 5.59. The molecule has 0 saturated carbocycles. The number of ether oxygens (including phenoxy) is 1. The summed E-state index contributed by atoms with van der Waals surface area (Å²) in [5.74, 6) is 0. The number of benzene rings is 1. The largest absolute Gasteiger partial charge is 0.379 e. The van der Waals surface area contributed by atoms with Gasteiger partial charge in [-0.3, -0.25) is 4.90 Å². The lowest BCUT2D eigenvalue weighted by atomic mass is 9.74. The highest BCUT2D eigenvalue weighted by molar-refractivity contribution is 7.10. The van der Waals surface area contributed by atoms with Crippen molar-refractivity contribution in [1.82, 2.24) is 4.90 Å². The van der Waals surface area contributed by atoms with E-state index in [1.807, 2.05) is 11.3 Å². The van der Waals surface area contributed by atoms with Crippen LogP contribution in [0.25, 0.3) is 0 Å². The van der Waals surface area contributed by atoms with Crippen LogP contribution in [-0.2, 0) is 23.1 Å². The van der Waals surface area contributed by atoms with E-state index < -0.39 is 0 Å². The minimum atomic E-state index is 0.166. The molecule has 1 aromatic heterocycles. The molecule has 1 aliphatic heterocycles. The van der Waals surface area contributed by atoms with Crippen molar-refractivity contribution in [3.63, 3.8) is 0 Å². The van der Waals surface area contributed by atoms with Gasteiger partial charge < -0.3 is 4.74 Å². The second-order valence-electron chi connectivity index (χ2n) is 6.04. The van der Waals surface area contributed by atoms with Gasteiger partial charge in [0.1, 0.15) is 0 Å². The summed E-state index contributed by atoms with van der Waals surface area (Å²) in [6.07, 6.45) is 3.58. The summed E-state index contributed by atoms with van der Waals surface area (Å²) in [5, 5.41) is 2.26. The Hall–Kier alpha value is -1.16. The Morgan fingerprint density at radius 1 is 1.05 bits per heavy atom. The number of thiophene rings is 1. The standard InChI is InChI=1S/C18H21NOS/c1-2-4-16(5-3-1)18(19-9-11-20-12-10-19)8-6-17-15(14-18)7-13-21-17/h1-5,7,13H,6,8-12,14H2. The van der Waals surface area contributed by atoms with Gasteiger partial charge in [0.25, 0.3) is 0 Å². The lowest BCUT2D eigenvalue weighted by molar-refractivity contribution is -0.0310. The van der Waals surface area contributed by atoms with E-state index in [1.54, 1.807) is 10.4 Å². The van der Waals surface area contributed by atoms with Gasteiger partial charge in [0.15, 0.2) is 0 Å². The summed E-state index contributed by atoms with van der Waals surface area (Å²) < 4.78 is 5.59. The van der Waals surface area contributed by atoms with Crippen LogP contribution in [0.1, 0.15) is 22.4 Å². The van der Waals surface area contributed by atoms with Gasteiger partial charge in [-0.15, -0.1) is 11.3 Å². The lowest BCUT2D eigenvalue weighted by Gasteiger charge is -2.48. The molecule has 0 bridgehead atoms. The van der Waals surface area contributed by atoms with Gasteiger partial charge in [-0.05, 0) is 41.8 Å². The molecule has 0 amide bonds. The molecule has 2 aromatic rings. The van der Waals surface area contributed by atoms with Crippen LogP contribution in [0.15, 0.2) is 41.8 Å². The summed E-state index contributed by atoms with van der Waals surface area (Å²) >= 11 is 1.92. The van der Waals surface area contributed by atoms with Crippen LogP contribution in [0.2, 0.25) is 0 Å². The smallest absolute Gasteiger partial charge is 0.0594 e. The molecule has 0 spiro atoms. The Bertz CT molecular complexity index is 603. The maximum atomic E-state index is 5.59. The molecule has 3 heteroatoms. The van der Waals surface area contributed by atoms with Gasteiger partial charge in [0, 0.05) is 18.0 Å². The fourth-order valence-corrected chi connectivity index (χ4v) is 4.81. The molecule has 1 saturated heterocycles. The van der Waals surface area contributed by atoms with E-state index in [1.165, 1.54) is 18.4 Å². The molecule has 0 N–H and O–H groups in total. The van der Waals surface area contributed by atoms with Crippen molar-refractivity contribution in [3.8, 4) is 0 Å². The van der Waals surface area contributed by atoms with Crippen LogP contribution in [-0.4, -0.2) is 31.2 Å². The van der Waals surface area contributed by atoms with Gasteiger partial charge in [0.05, 0.1) is 18.8 Å². The first kappa shape index (κ1) is 13.5. The SMILES string of the molecule is c1ccc(C2(N3CCOCC3)CCc3sccc3C2)cc1. The molecule has 1 fully saturated rings. The molecular weight excluding hydrogens is 278 g/mol. The quantitative estimate of drug-likeness (QED) is 0.842. The second kappa shape index (κ2) is 5.56. The third-order valence-corrected chi connectivity index (χ3v) is 6.04. The van der Waals surface area contributed by atoms with E-state index in [9.17, 15) is 0 Å². The first-order valence-electron chi connectivity index (χ1n) is 7.82. The van der Waals surface area contributed by atoms with Crippen LogP contribution in [0.3, 0.4) is 0 Å². The second-order valence-corrected chi connectivity index (χ2v) is 7.04.